The summed E-state index contributed by atoms with van der Waals surface area (Å²) in [4.78, 5) is 44.1. The molecule has 1 aromatic carbocycles. The molecule has 3 N–H and O–H groups in total. The quantitative estimate of drug-likeness (QED) is 0.448. The Morgan fingerprint density at radius 2 is 1.79 bits per heavy atom. The fraction of sp³-hybridized carbons (Fsp3) is 0.462. The lowest BCUT2D eigenvalue weighted by molar-refractivity contribution is -0.201. The maximum absolute atomic E-state index is 13.3. The number of nitrogens with zero attached hydrogens (tertiary/aromatic N) is 3. The van der Waals surface area contributed by atoms with E-state index in [0.717, 1.165) is 5.56 Å². The molecule has 3 aliphatic rings. The third-order valence-electron chi connectivity index (χ3n) is 7.09. The highest BCUT2D eigenvalue weighted by molar-refractivity contribution is 6.39. The predicted octanol–water partition coefficient (Wildman–Crippen LogP) is 2.94. The van der Waals surface area contributed by atoms with Gasteiger partial charge >= 0.3 is 18.0 Å². The molecule has 1 atom stereocenters. The molecule has 2 aliphatic heterocycles. The van der Waals surface area contributed by atoms with Crippen LogP contribution in [0.25, 0.3) is 0 Å². The summed E-state index contributed by atoms with van der Waals surface area (Å²) in [5.41, 5.74) is 4.60. The van der Waals surface area contributed by atoms with Crippen molar-refractivity contribution in [2.45, 2.75) is 37.9 Å². The van der Waals surface area contributed by atoms with E-state index in [-0.39, 0.29) is 44.2 Å². The van der Waals surface area contributed by atoms with E-state index in [4.69, 9.17) is 10.5 Å². The van der Waals surface area contributed by atoms with Crippen LogP contribution in [0.2, 0.25) is 0 Å². The highest BCUT2D eigenvalue weighted by atomic mass is 19.4. The summed E-state index contributed by atoms with van der Waals surface area (Å²) in [6.45, 7) is 2.44. The molecule has 1 saturated carbocycles. The monoisotopic (exact) mass is 551 g/mol. The topological polar surface area (TPSA) is 118 Å². The molecule has 2 aromatic rings. The minimum Gasteiger partial charge on any atom is -0.383 e. The van der Waals surface area contributed by atoms with Gasteiger partial charge in [-0.1, -0.05) is 18.2 Å². The van der Waals surface area contributed by atoms with E-state index in [0.29, 0.717) is 24.7 Å². The molecule has 210 valence electrons. The Bertz CT molecular complexity index is 1220. The molecule has 3 fully saturated rings. The standard InChI is InChI=1S/C20H24F3N5O4.C6H5F/c1-11-8-27(4-5-28(11)18(31)19(2-3-19)20(21,22)23)17(30)16(29)26-13-6-14(12-9-32-10-12)15(24)25-7-13;7-6-4-2-1-3-5-6/h6-7,11-12H,2-5,8-10H2,1H3,(H2,24,25)(H,26,29);1-5H. The van der Waals surface area contributed by atoms with Gasteiger partial charge in [-0.25, -0.2) is 9.37 Å². The van der Waals surface area contributed by atoms with Gasteiger partial charge < -0.3 is 25.6 Å². The predicted molar refractivity (Wildman–Crippen MR) is 133 cm³/mol. The normalized spacial score (nSPS) is 20.3. The maximum atomic E-state index is 13.3. The zero-order chi connectivity index (χ0) is 28.4. The van der Waals surface area contributed by atoms with Gasteiger partial charge in [-0.15, -0.1) is 0 Å². The number of rotatable bonds is 3. The molecule has 0 radical (unpaired) electrons. The van der Waals surface area contributed by atoms with Crippen LogP contribution in [0.15, 0.2) is 42.6 Å². The Hall–Kier alpha value is -3.74. The molecule has 0 bridgehead atoms. The van der Waals surface area contributed by atoms with Crippen molar-refractivity contribution in [1.29, 1.82) is 0 Å². The highest BCUT2D eigenvalue weighted by Crippen LogP contribution is 2.58. The number of nitrogens with two attached hydrogens (primary N) is 1. The number of aromatic nitrogens is 1. The first kappa shape index (κ1) is 28.3. The van der Waals surface area contributed by atoms with Crippen molar-refractivity contribution in [2.24, 2.45) is 5.41 Å². The number of ether oxygens (including phenoxy) is 1. The second kappa shape index (κ2) is 11.2. The van der Waals surface area contributed by atoms with Gasteiger partial charge in [0.1, 0.15) is 17.1 Å². The minimum atomic E-state index is -4.59. The molecule has 3 amide bonds. The largest absolute Gasteiger partial charge is 0.403 e. The van der Waals surface area contributed by atoms with Crippen molar-refractivity contribution in [1.82, 2.24) is 14.8 Å². The van der Waals surface area contributed by atoms with E-state index in [2.05, 4.69) is 10.3 Å². The summed E-state index contributed by atoms with van der Waals surface area (Å²) < 4.78 is 56.9. The fourth-order valence-corrected chi connectivity index (χ4v) is 4.51. The number of benzene rings is 1. The van der Waals surface area contributed by atoms with Crippen molar-refractivity contribution in [3.05, 3.63) is 54.0 Å². The molecule has 13 heteroatoms. The first-order valence-electron chi connectivity index (χ1n) is 12.4. The Morgan fingerprint density at radius 3 is 2.28 bits per heavy atom. The number of hydrogen-bond acceptors (Lipinski definition) is 6. The van der Waals surface area contributed by atoms with Crippen LogP contribution in [-0.2, 0) is 19.1 Å². The second-order valence-corrected chi connectivity index (χ2v) is 9.86. The van der Waals surface area contributed by atoms with Crippen LogP contribution < -0.4 is 11.1 Å². The van der Waals surface area contributed by atoms with Crippen molar-refractivity contribution >= 4 is 29.2 Å². The summed E-state index contributed by atoms with van der Waals surface area (Å²) in [5, 5.41) is 2.49. The molecule has 9 nitrogen and oxygen atoms in total. The third kappa shape index (κ3) is 6.13. The Kier molecular flexibility index (Phi) is 8.09. The fourth-order valence-electron chi connectivity index (χ4n) is 4.51. The van der Waals surface area contributed by atoms with Crippen molar-refractivity contribution in [2.75, 3.05) is 43.9 Å². The van der Waals surface area contributed by atoms with Crippen molar-refractivity contribution in [3.63, 3.8) is 0 Å². The van der Waals surface area contributed by atoms with Gasteiger partial charge in [0.05, 0.1) is 25.1 Å². The number of carbonyl (C=O) groups excluding carboxylic acids is 3. The average Bonchev–Trinajstić information content (AvgIpc) is 3.67. The number of nitrogen functional groups attached to an aromatic ring is 1. The lowest BCUT2D eigenvalue weighted by Gasteiger charge is -2.41. The SMILES string of the molecule is CC1CN(C(=O)C(=O)Nc2cnc(N)c(C3COC3)c2)CCN1C(=O)C1(C(F)(F)F)CC1.Fc1ccccc1. The van der Waals surface area contributed by atoms with Crippen molar-refractivity contribution in [3.8, 4) is 0 Å². The van der Waals surface area contributed by atoms with Crippen LogP contribution in [0.4, 0.5) is 29.1 Å². The molecule has 0 spiro atoms. The second-order valence-electron chi connectivity index (χ2n) is 9.86. The maximum Gasteiger partial charge on any atom is 0.403 e. The lowest BCUT2D eigenvalue weighted by Crippen LogP contribution is -2.59. The Balaban J connectivity index is 0.000000438. The minimum absolute atomic E-state index is 0.0269. The number of nitrogens with one attached hydrogen (secondary N) is 1. The van der Waals surface area contributed by atoms with Gasteiger partial charge in [0.15, 0.2) is 0 Å². The first-order valence-corrected chi connectivity index (χ1v) is 12.4. The van der Waals surface area contributed by atoms with Crippen LogP contribution in [0, 0.1) is 11.2 Å². The van der Waals surface area contributed by atoms with E-state index in [1.165, 1.54) is 28.1 Å². The van der Waals surface area contributed by atoms with Gasteiger partial charge in [-0.3, -0.25) is 14.4 Å². The number of piperazine rings is 1. The number of hydrogen-bond donors (Lipinski definition) is 2. The van der Waals surface area contributed by atoms with Crippen LogP contribution in [0.5, 0.6) is 0 Å². The number of carbonyl (C=O) groups is 3. The molecule has 1 unspecified atom stereocenters. The number of alkyl halides is 3. The molecule has 3 heterocycles. The molecular formula is C26H29F4N5O4. The van der Waals surface area contributed by atoms with Gasteiger partial charge in [-0.2, -0.15) is 13.2 Å². The van der Waals surface area contributed by atoms with E-state index in [1.54, 1.807) is 31.2 Å². The van der Waals surface area contributed by atoms with Crippen LogP contribution in [0.3, 0.4) is 0 Å². The number of amides is 3. The smallest absolute Gasteiger partial charge is 0.383 e. The number of halogens is 4. The molecule has 5 rings (SSSR count). The van der Waals surface area contributed by atoms with Crippen LogP contribution >= 0.6 is 0 Å². The summed E-state index contributed by atoms with van der Waals surface area (Å²) in [6.07, 6.45) is -3.67. The summed E-state index contributed by atoms with van der Waals surface area (Å²) in [5.74, 6) is -2.45. The Labute approximate surface area is 222 Å². The Morgan fingerprint density at radius 1 is 1.13 bits per heavy atom. The van der Waals surface area contributed by atoms with Crippen LogP contribution in [-0.4, -0.2) is 77.6 Å². The number of pyridine rings is 1. The summed E-state index contributed by atoms with van der Waals surface area (Å²) in [7, 11) is 0. The van der Waals surface area contributed by atoms with E-state index >= 15 is 0 Å². The van der Waals surface area contributed by atoms with E-state index < -0.39 is 35.4 Å². The van der Waals surface area contributed by atoms with E-state index in [1.807, 2.05) is 0 Å². The van der Waals surface area contributed by atoms with E-state index in [9.17, 15) is 31.9 Å². The molecule has 1 aliphatic carbocycles. The molecule has 39 heavy (non-hydrogen) atoms. The first-order chi connectivity index (χ1) is 18.4. The lowest BCUT2D eigenvalue weighted by atomic mass is 9.98. The molecule has 2 saturated heterocycles. The van der Waals surface area contributed by atoms with Gasteiger partial charge in [-0.05, 0) is 38.0 Å². The highest BCUT2D eigenvalue weighted by Gasteiger charge is 2.69. The van der Waals surface area contributed by atoms with Crippen molar-refractivity contribution < 1.29 is 36.7 Å². The number of anilines is 2. The zero-order valence-corrected chi connectivity index (χ0v) is 21.2. The third-order valence-corrected chi connectivity index (χ3v) is 7.09. The van der Waals surface area contributed by atoms with Gasteiger partial charge in [0.25, 0.3) is 0 Å². The van der Waals surface area contributed by atoms with Gasteiger partial charge in [0.2, 0.25) is 5.91 Å². The average molecular weight is 552 g/mol. The van der Waals surface area contributed by atoms with Crippen LogP contribution in [0.1, 0.15) is 31.2 Å². The zero-order valence-electron chi connectivity index (χ0n) is 21.2. The summed E-state index contributed by atoms with van der Waals surface area (Å²) >= 11 is 0. The summed E-state index contributed by atoms with van der Waals surface area (Å²) in [6, 6.07) is 8.94. The van der Waals surface area contributed by atoms with Gasteiger partial charge in [0, 0.05) is 37.2 Å². The molecular weight excluding hydrogens is 522 g/mol. The molecule has 1 aromatic heterocycles.